The predicted octanol–water partition coefficient (Wildman–Crippen LogP) is 28.1. The summed E-state index contributed by atoms with van der Waals surface area (Å²) in [4.78, 5) is 47.1. The van der Waals surface area contributed by atoms with Gasteiger partial charge >= 0.3 is 0 Å². The van der Waals surface area contributed by atoms with Crippen molar-refractivity contribution in [2.24, 2.45) is 0 Å². The standard InChI is InChI=1S/2C22H15BrN2.C21H14BrN3.C19H13BrN2.C16H11BrN2/c23-19-13-11-17(12-14-19)21-15-20(16-7-3-1-4-8-16)24-22(25-21)18-9-5-2-6-10-18;23-19-13-11-18(12-14-19)22-24-20(16-7-3-1-4-8-16)15-21(25-22)17-9-5-2-6-10-17;22-18-13-11-17(12-14-18)21-24-19(15-7-3-1-4-8-15)23-20(25-21)16-9-5-2-6-10-16;20-15-12-10-14(11-13-15)19-21-17-8-4-5-9-18(17)22(19)16-6-2-1-3-7-16;17-14-11-18-16(13-9-5-2-6-10-13)19-15(14)12-7-3-1-4-8-12/h2*1-15H;1-14H;1-13H;1-11H. The molecule has 0 saturated carbocycles. The Labute approximate surface area is 715 Å². The summed E-state index contributed by atoms with van der Waals surface area (Å²) in [7, 11) is 0. The fourth-order valence-electron chi connectivity index (χ4n) is 12.5. The minimum absolute atomic E-state index is 0.667. The van der Waals surface area contributed by atoms with Crippen LogP contribution in [0.4, 0.5) is 0 Å². The molecule has 0 atom stereocenters. The number of imidazole rings is 1. The second-order valence-corrected chi connectivity index (χ2v) is 30.7. The molecule has 0 aliphatic rings. The number of nitrogens with zero attached hydrogens (tertiary/aromatic N) is 11. The lowest BCUT2D eigenvalue weighted by atomic mass is 10.1. The molecule has 0 unspecified atom stereocenters. The smallest absolute Gasteiger partial charge is 0.164 e. The first kappa shape index (κ1) is 78.5. The summed E-state index contributed by atoms with van der Waals surface area (Å²) < 4.78 is 7.29. The summed E-state index contributed by atoms with van der Waals surface area (Å²) in [6.07, 6.45) is 1.80. The Balaban J connectivity index is 0.000000114. The molecular formula is C100H68Br5N11. The zero-order chi connectivity index (χ0) is 79.2. The highest BCUT2D eigenvalue weighted by atomic mass is 79.9. The molecule has 116 heavy (non-hydrogen) atoms. The molecule has 0 aliphatic carbocycles. The molecule has 19 rings (SSSR count). The van der Waals surface area contributed by atoms with Gasteiger partial charge in [-0.2, -0.15) is 0 Å². The van der Waals surface area contributed by atoms with E-state index in [9.17, 15) is 0 Å². The van der Waals surface area contributed by atoms with Gasteiger partial charge in [-0.25, -0.2) is 49.8 Å². The van der Waals surface area contributed by atoms with E-state index in [0.717, 1.165) is 158 Å². The van der Waals surface area contributed by atoms with Gasteiger partial charge in [-0.1, -0.05) is 385 Å². The van der Waals surface area contributed by atoms with Crippen molar-refractivity contribution in [1.82, 2.24) is 54.4 Å². The van der Waals surface area contributed by atoms with Crippen LogP contribution in [0.25, 0.3) is 153 Å². The fourth-order valence-corrected chi connectivity index (χ4v) is 13.9. The van der Waals surface area contributed by atoms with Crippen LogP contribution < -0.4 is 0 Å². The summed E-state index contributed by atoms with van der Waals surface area (Å²) in [5, 5.41) is 0. The van der Waals surface area contributed by atoms with Crippen molar-refractivity contribution in [1.29, 1.82) is 0 Å². The maximum absolute atomic E-state index is 4.84. The van der Waals surface area contributed by atoms with E-state index in [-0.39, 0.29) is 0 Å². The highest BCUT2D eigenvalue weighted by Crippen LogP contribution is 2.35. The normalized spacial score (nSPS) is 10.6. The molecular weight excluding hydrogens is 1750 g/mol. The third-order valence-corrected chi connectivity index (χ3v) is 20.9. The predicted molar refractivity (Wildman–Crippen MR) is 491 cm³/mol. The van der Waals surface area contributed by atoms with E-state index in [1.807, 2.05) is 303 Å². The Morgan fingerprint density at radius 1 is 0.198 bits per heavy atom. The molecule has 19 aromatic rings. The van der Waals surface area contributed by atoms with E-state index in [1.54, 1.807) is 6.20 Å². The number of hydrogen-bond donors (Lipinski definition) is 0. The van der Waals surface area contributed by atoms with Crippen LogP contribution in [0.5, 0.6) is 0 Å². The molecule has 16 heteroatoms. The quantitative estimate of drug-likeness (QED) is 0.110. The summed E-state index contributed by atoms with van der Waals surface area (Å²) in [6.45, 7) is 0. The van der Waals surface area contributed by atoms with Crippen molar-refractivity contribution >= 4 is 90.7 Å². The van der Waals surface area contributed by atoms with Gasteiger partial charge in [0.1, 0.15) is 5.82 Å². The minimum atomic E-state index is 0.667. The lowest BCUT2D eigenvalue weighted by Gasteiger charge is -2.09. The average Bonchev–Trinajstić information content (AvgIpc) is 1.62. The van der Waals surface area contributed by atoms with E-state index >= 15 is 0 Å². The minimum Gasteiger partial charge on any atom is -0.292 e. The number of aromatic nitrogens is 11. The van der Waals surface area contributed by atoms with Crippen molar-refractivity contribution in [3.63, 3.8) is 0 Å². The molecule has 0 amide bonds. The molecule has 0 bridgehead atoms. The topological polar surface area (TPSA) is 134 Å². The Morgan fingerprint density at radius 3 is 0.810 bits per heavy atom. The first-order chi connectivity index (χ1) is 57.0. The van der Waals surface area contributed by atoms with Crippen LogP contribution in [-0.4, -0.2) is 54.4 Å². The van der Waals surface area contributed by atoms with Gasteiger partial charge in [0.15, 0.2) is 34.9 Å². The lowest BCUT2D eigenvalue weighted by molar-refractivity contribution is 1.07. The molecule has 14 aromatic carbocycles. The molecule has 558 valence electrons. The van der Waals surface area contributed by atoms with Crippen molar-refractivity contribution < 1.29 is 0 Å². The molecule has 5 heterocycles. The summed E-state index contributed by atoms with van der Waals surface area (Å²) in [5.74, 6) is 5.18. The molecule has 0 spiro atoms. The van der Waals surface area contributed by atoms with Crippen LogP contribution >= 0.6 is 79.6 Å². The summed E-state index contributed by atoms with van der Waals surface area (Å²) in [6, 6.07) is 136. The van der Waals surface area contributed by atoms with Gasteiger partial charge in [0.05, 0.1) is 44.0 Å². The van der Waals surface area contributed by atoms with Gasteiger partial charge in [0.25, 0.3) is 0 Å². The van der Waals surface area contributed by atoms with Gasteiger partial charge in [0, 0.05) is 96.5 Å². The van der Waals surface area contributed by atoms with E-state index in [1.165, 1.54) is 0 Å². The van der Waals surface area contributed by atoms with Crippen molar-refractivity contribution in [2.75, 3.05) is 0 Å². The van der Waals surface area contributed by atoms with E-state index in [4.69, 9.17) is 34.9 Å². The van der Waals surface area contributed by atoms with Gasteiger partial charge < -0.3 is 0 Å². The number of para-hydroxylation sites is 3. The SMILES string of the molecule is Brc1ccc(-c2cc(-c3ccccc3)nc(-c3ccccc3)n2)cc1.Brc1ccc(-c2nc(-c3ccccc3)cc(-c3ccccc3)n2)cc1.Brc1ccc(-c2nc(-c3ccccc3)nc(-c3ccccc3)n2)cc1.Brc1ccc(-c2nc3ccccc3n2-c2ccccc2)cc1.Brc1cnc(-c2ccccc2)nc1-c1ccccc1. The van der Waals surface area contributed by atoms with Gasteiger partial charge in [0.2, 0.25) is 0 Å². The van der Waals surface area contributed by atoms with Crippen LogP contribution in [0.3, 0.4) is 0 Å². The van der Waals surface area contributed by atoms with Crippen molar-refractivity contribution in [3.8, 4) is 142 Å². The number of halogens is 5. The number of hydrogen-bond acceptors (Lipinski definition) is 10. The molecule has 0 saturated heterocycles. The first-order valence-electron chi connectivity index (χ1n) is 37.1. The van der Waals surface area contributed by atoms with E-state index < -0.39 is 0 Å². The zero-order valence-corrected chi connectivity index (χ0v) is 70.0. The highest BCUT2D eigenvalue weighted by Gasteiger charge is 2.18. The Bertz CT molecular complexity index is 5800. The summed E-state index contributed by atoms with van der Waals surface area (Å²) >= 11 is 17.4. The Morgan fingerprint density at radius 2 is 0.457 bits per heavy atom. The van der Waals surface area contributed by atoms with Crippen molar-refractivity contribution in [3.05, 3.63) is 435 Å². The maximum atomic E-state index is 4.84. The second kappa shape index (κ2) is 38.8. The van der Waals surface area contributed by atoms with E-state index in [0.29, 0.717) is 17.5 Å². The largest absolute Gasteiger partial charge is 0.292 e. The number of benzene rings is 14. The third-order valence-electron chi connectivity index (χ3n) is 18.2. The number of fused-ring (bicyclic) bond motifs is 1. The molecule has 5 aromatic heterocycles. The van der Waals surface area contributed by atoms with Gasteiger partial charge in [-0.05, 0) is 101 Å². The van der Waals surface area contributed by atoms with Crippen molar-refractivity contribution in [2.45, 2.75) is 0 Å². The maximum Gasteiger partial charge on any atom is 0.164 e. The van der Waals surface area contributed by atoms with Crippen LogP contribution in [0.2, 0.25) is 0 Å². The fraction of sp³-hybridized carbons (Fsp3) is 0. The van der Waals surface area contributed by atoms with Gasteiger partial charge in [-0.15, -0.1) is 0 Å². The van der Waals surface area contributed by atoms with E-state index in [2.05, 4.69) is 202 Å². The third kappa shape index (κ3) is 20.4. The molecule has 11 nitrogen and oxygen atoms in total. The first-order valence-corrected chi connectivity index (χ1v) is 41.1. The monoisotopic (exact) mass is 1820 g/mol. The van der Waals surface area contributed by atoms with Crippen LogP contribution in [0, 0.1) is 0 Å². The average molecular weight is 1820 g/mol. The van der Waals surface area contributed by atoms with Crippen LogP contribution in [-0.2, 0) is 0 Å². The second-order valence-electron chi connectivity index (χ2n) is 26.2. The molecule has 0 radical (unpaired) electrons. The lowest BCUT2D eigenvalue weighted by Crippen LogP contribution is -1.99. The van der Waals surface area contributed by atoms with Crippen LogP contribution in [0.15, 0.2) is 435 Å². The van der Waals surface area contributed by atoms with Gasteiger partial charge in [-0.3, -0.25) is 4.57 Å². The molecule has 0 N–H and O–H groups in total. The zero-order valence-electron chi connectivity index (χ0n) is 62.1. The van der Waals surface area contributed by atoms with Crippen LogP contribution in [0.1, 0.15) is 0 Å². The Kier molecular flexibility index (Phi) is 26.3. The molecule has 0 fully saturated rings. The Hall–Kier alpha value is -12.8. The number of rotatable bonds is 13. The highest BCUT2D eigenvalue weighted by molar-refractivity contribution is 9.11. The summed E-state index contributed by atoms with van der Waals surface area (Å²) in [5.41, 5.74) is 20.3. The molecule has 0 aliphatic heterocycles.